The summed E-state index contributed by atoms with van der Waals surface area (Å²) in [5.41, 5.74) is -0.929. The molecule has 1 amide bonds. The molecule has 4 unspecified atom stereocenters. The molecule has 5 atom stereocenters. The summed E-state index contributed by atoms with van der Waals surface area (Å²) in [6.07, 6.45) is -0.315. The number of hydrogen-bond acceptors (Lipinski definition) is 5. The van der Waals surface area contributed by atoms with Gasteiger partial charge < -0.3 is 20.8 Å². The van der Waals surface area contributed by atoms with E-state index in [1.54, 1.807) is 30.3 Å². The smallest absolute Gasteiger partial charge is 0.237 e. The molecule has 1 saturated heterocycles. The number of halogens is 3. The Kier molecular flexibility index (Phi) is 9.02. The first-order valence-electron chi connectivity index (χ1n) is 11.9. The van der Waals surface area contributed by atoms with Crippen molar-refractivity contribution in [3.63, 3.8) is 0 Å². The maximum Gasteiger partial charge on any atom is 0.237 e. The quantitative estimate of drug-likeness (QED) is 0.403. The molecule has 36 heavy (non-hydrogen) atoms. The van der Waals surface area contributed by atoms with Crippen molar-refractivity contribution in [3.8, 4) is 6.07 Å². The van der Waals surface area contributed by atoms with Gasteiger partial charge in [-0.3, -0.25) is 4.79 Å². The molecule has 1 aliphatic rings. The molecular weight excluding hydrogens is 504 g/mol. The Hall–Kier alpha value is -2.21. The molecule has 9 heteroatoms. The lowest BCUT2D eigenvalue weighted by atomic mass is 9.62. The van der Waals surface area contributed by atoms with E-state index in [9.17, 15) is 15.2 Å². The summed E-state index contributed by atoms with van der Waals surface area (Å²) in [6.45, 7) is 5.77. The Labute approximate surface area is 221 Å². The Morgan fingerprint density at radius 2 is 1.94 bits per heavy atom. The minimum absolute atomic E-state index is 0.125. The topological polar surface area (TPSA) is 105 Å². The molecule has 1 heterocycles. The van der Waals surface area contributed by atoms with Crippen molar-refractivity contribution in [2.24, 2.45) is 5.41 Å². The average Bonchev–Trinajstić information content (AvgIpc) is 3.12. The van der Waals surface area contributed by atoms with Crippen LogP contribution in [0, 0.1) is 22.6 Å². The molecule has 1 fully saturated rings. The van der Waals surface area contributed by atoms with E-state index in [0.717, 1.165) is 0 Å². The van der Waals surface area contributed by atoms with E-state index in [2.05, 4.69) is 16.7 Å². The van der Waals surface area contributed by atoms with E-state index in [4.69, 9.17) is 28.3 Å². The first-order chi connectivity index (χ1) is 16.9. The van der Waals surface area contributed by atoms with Crippen molar-refractivity contribution in [2.45, 2.75) is 63.1 Å². The number of benzene rings is 2. The van der Waals surface area contributed by atoms with Gasteiger partial charge in [-0.25, -0.2) is 4.39 Å². The molecule has 6 nitrogen and oxygen atoms in total. The fraction of sp³-hybridized carbons (Fsp3) is 0.481. The zero-order valence-electron chi connectivity index (χ0n) is 20.6. The molecular formula is C27H32Cl2FN3O3. The van der Waals surface area contributed by atoms with Gasteiger partial charge in [0.15, 0.2) is 0 Å². The number of nitrogens with one attached hydrogen (secondary N) is 2. The number of carbonyl (C=O) groups excluding carboxylic acids is 1. The van der Waals surface area contributed by atoms with Crippen molar-refractivity contribution in [3.05, 3.63) is 69.5 Å². The van der Waals surface area contributed by atoms with Gasteiger partial charge in [0.1, 0.15) is 11.2 Å². The predicted octanol–water partition coefficient (Wildman–Crippen LogP) is 4.31. The van der Waals surface area contributed by atoms with E-state index in [0.29, 0.717) is 17.0 Å². The minimum Gasteiger partial charge on any atom is -0.394 e. The van der Waals surface area contributed by atoms with Crippen molar-refractivity contribution >= 4 is 29.1 Å². The highest BCUT2D eigenvalue weighted by atomic mass is 35.5. The van der Waals surface area contributed by atoms with Crippen LogP contribution in [0.1, 0.15) is 50.7 Å². The molecule has 194 valence electrons. The Bertz CT molecular complexity index is 1130. The van der Waals surface area contributed by atoms with Gasteiger partial charge >= 0.3 is 0 Å². The first-order valence-corrected chi connectivity index (χ1v) is 12.6. The molecule has 3 rings (SSSR count). The van der Waals surface area contributed by atoms with Gasteiger partial charge in [-0.15, -0.1) is 0 Å². The number of amides is 1. The SMILES string of the molecule is CC(C)(C)CC1NC(C(=O)NCC[C@H](O)CO)C(c2cccc(Cl)c2)C1(C#N)c1ccc(Cl)cc1F. The fourth-order valence-corrected chi connectivity index (χ4v) is 5.45. The number of nitriles is 1. The van der Waals surface area contributed by atoms with E-state index < -0.39 is 47.9 Å². The highest BCUT2D eigenvalue weighted by Gasteiger charge is 2.60. The summed E-state index contributed by atoms with van der Waals surface area (Å²) in [4.78, 5) is 13.5. The van der Waals surface area contributed by atoms with E-state index in [1.807, 2.05) is 20.8 Å². The lowest BCUT2D eigenvalue weighted by Gasteiger charge is -2.37. The Morgan fingerprint density at radius 3 is 2.53 bits per heavy atom. The highest BCUT2D eigenvalue weighted by molar-refractivity contribution is 6.30. The van der Waals surface area contributed by atoms with Crippen molar-refractivity contribution in [2.75, 3.05) is 13.2 Å². The van der Waals surface area contributed by atoms with Crippen molar-refractivity contribution in [1.29, 1.82) is 5.26 Å². The standard InChI is InChI=1S/C27H32Cl2FN3O3/c1-26(2,3)13-22-27(15-31,20-8-7-18(29)12-21(20)30)23(16-5-4-6-17(28)11-16)24(33-22)25(36)32-10-9-19(35)14-34/h4-8,11-12,19,22-24,33-35H,9-10,13-14H2,1-3H3,(H,32,36)/t19-,22?,23?,24?,27?/m0/s1. The van der Waals surface area contributed by atoms with Crippen LogP contribution in [0.25, 0.3) is 0 Å². The fourth-order valence-electron chi connectivity index (χ4n) is 5.09. The molecule has 0 spiro atoms. The third-order valence-electron chi connectivity index (χ3n) is 6.61. The maximum atomic E-state index is 15.5. The lowest BCUT2D eigenvalue weighted by molar-refractivity contribution is -0.123. The molecule has 0 bridgehead atoms. The third kappa shape index (κ3) is 6.01. The molecule has 0 aliphatic carbocycles. The predicted molar refractivity (Wildman–Crippen MR) is 138 cm³/mol. The first kappa shape index (κ1) is 28.4. The van der Waals surface area contributed by atoms with E-state index >= 15 is 4.39 Å². The van der Waals surface area contributed by atoms with Crippen molar-refractivity contribution < 1.29 is 19.4 Å². The highest BCUT2D eigenvalue weighted by Crippen LogP contribution is 2.52. The van der Waals surface area contributed by atoms with Crippen LogP contribution in [0.3, 0.4) is 0 Å². The van der Waals surface area contributed by atoms with Crippen molar-refractivity contribution in [1.82, 2.24) is 10.6 Å². The second-order valence-corrected chi connectivity index (χ2v) is 11.4. The summed E-state index contributed by atoms with van der Waals surface area (Å²) in [5, 5.41) is 36.3. The minimum atomic E-state index is -1.46. The maximum absolute atomic E-state index is 15.5. The number of hydrogen-bond donors (Lipinski definition) is 4. The Balaban J connectivity index is 2.19. The second kappa shape index (κ2) is 11.5. The van der Waals surface area contributed by atoms with Crippen LogP contribution >= 0.6 is 23.2 Å². The molecule has 0 aromatic heterocycles. The molecule has 0 saturated carbocycles. The van der Waals surface area contributed by atoms with Crippen LogP contribution < -0.4 is 10.6 Å². The van der Waals surface area contributed by atoms with Crippen LogP contribution in [-0.4, -0.2) is 47.5 Å². The molecule has 1 aliphatic heterocycles. The van der Waals surface area contributed by atoms with Crippen LogP contribution in [-0.2, 0) is 10.2 Å². The molecule has 2 aromatic carbocycles. The second-order valence-electron chi connectivity index (χ2n) is 10.5. The summed E-state index contributed by atoms with van der Waals surface area (Å²) in [7, 11) is 0. The number of nitrogens with zero attached hydrogens (tertiary/aromatic N) is 1. The van der Waals surface area contributed by atoms with Gasteiger partial charge in [0.05, 0.1) is 24.8 Å². The van der Waals surface area contributed by atoms with E-state index in [-0.39, 0.29) is 29.0 Å². The van der Waals surface area contributed by atoms with E-state index in [1.165, 1.54) is 12.1 Å². The molecule has 0 radical (unpaired) electrons. The number of rotatable bonds is 8. The normalized spacial score (nSPS) is 24.8. The van der Waals surface area contributed by atoms with Crippen LogP contribution in [0.5, 0.6) is 0 Å². The van der Waals surface area contributed by atoms with Gasteiger partial charge in [0.2, 0.25) is 5.91 Å². The zero-order chi connectivity index (χ0) is 26.7. The monoisotopic (exact) mass is 535 g/mol. The largest absolute Gasteiger partial charge is 0.394 e. The Morgan fingerprint density at radius 1 is 1.25 bits per heavy atom. The van der Waals surface area contributed by atoms with Crippen LogP contribution in [0.2, 0.25) is 10.0 Å². The van der Waals surface area contributed by atoms with Crippen LogP contribution in [0.15, 0.2) is 42.5 Å². The van der Waals surface area contributed by atoms with Crippen LogP contribution in [0.4, 0.5) is 4.39 Å². The number of aliphatic hydroxyl groups excluding tert-OH is 2. The summed E-state index contributed by atoms with van der Waals surface area (Å²) in [5.74, 6) is -1.80. The molecule has 4 N–H and O–H groups in total. The third-order valence-corrected chi connectivity index (χ3v) is 7.08. The lowest BCUT2D eigenvalue weighted by Crippen LogP contribution is -2.46. The zero-order valence-corrected chi connectivity index (χ0v) is 22.1. The van der Waals surface area contributed by atoms with Gasteiger partial charge in [0.25, 0.3) is 0 Å². The summed E-state index contributed by atoms with van der Waals surface area (Å²) < 4.78 is 15.5. The molecule has 2 aromatic rings. The van der Waals surface area contributed by atoms with Gasteiger partial charge in [-0.05, 0) is 48.1 Å². The number of aliphatic hydroxyl groups is 2. The van der Waals surface area contributed by atoms with Gasteiger partial charge in [-0.1, -0.05) is 62.2 Å². The summed E-state index contributed by atoms with van der Waals surface area (Å²) in [6, 6.07) is 12.1. The average molecular weight is 536 g/mol. The summed E-state index contributed by atoms with van der Waals surface area (Å²) >= 11 is 12.4. The van der Waals surface area contributed by atoms with Gasteiger partial charge in [0, 0.05) is 34.1 Å². The number of carbonyl (C=O) groups is 1. The van der Waals surface area contributed by atoms with Gasteiger partial charge in [-0.2, -0.15) is 5.26 Å².